The second kappa shape index (κ2) is 4.65. The van der Waals surface area contributed by atoms with Crippen molar-refractivity contribution in [3.8, 4) is 0 Å². The molecule has 0 aromatic heterocycles. The fourth-order valence-corrected chi connectivity index (χ4v) is 1.65. The Labute approximate surface area is 92.5 Å². The van der Waals surface area contributed by atoms with Crippen molar-refractivity contribution in [1.29, 1.82) is 0 Å². The molecule has 1 heterocycles. The minimum absolute atomic E-state index is 0.0318. The quantitative estimate of drug-likeness (QED) is 0.463. The predicted octanol–water partition coefficient (Wildman–Crippen LogP) is 1.56. The highest BCUT2D eigenvalue weighted by Gasteiger charge is 2.18. The number of nitrogens with one attached hydrogen (secondary N) is 1. The summed E-state index contributed by atoms with van der Waals surface area (Å²) in [5.74, 6) is 0.0318. The Morgan fingerprint density at radius 3 is 3.12 bits per heavy atom. The summed E-state index contributed by atoms with van der Waals surface area (Å²) in [6.45, 7) is 1.77. The number of hydrogen-bond acceptors (Lipinski definition) is 3. The van der Waals surface area contributed by atoms with Crippen molar-refractivity contribution in [3.63, 3.8) is 0 Å². The average Bonchev–Trinajstić information content (AvgIpc) is 2.30. The van der Waals surface area contributed by atoms with Crippen molar-refractivity contribution in [1.82, 2.24) is 5.32 Å². The van der Waals surface area contributed by atoms with Gasteiger partial charge in [0.25, 0.3) is 0 Å². The smallest absolute Gasteiger partial charge is 0.240 e. The minimum Gasteiger partial charge on any atom is -0.310 e. The van der Waals surface area contributed by atoms with Crippen LogP contribution in [0.4, 0.5) is 11.4 Å². The van der Waals surface area contributed by atoms with Crippen molar-refractivity contribution in [3.05, 3.63) is 34.7 Å². The lowest BCUT2D eigenvalue weighted by Gasteiger charge is -2.27. The van der Waals surface area contributed by atoms with E-state index in [1.807, 2.05) is 6.07 Å². The standard InChI is InChI=1S/C10H11N5O/c11-14-13-8-2-1-3-9(6-8)15-5-4-12-7-10(15)16/h1-3,6,12H,4-5,7H2. The molecule has 6 heteroatoms. The number of carbonyl (C=O) groups is 1. The average molecular weight is 217 g/mol. The second-order valence-corrected chi connectivity index (χ2v) is 3.43. The largest absolute Gasteiger partial charge is 0.310 e. The van der Waals surface area contributed by atoms with E-state index in [4.69, 9.17) is 5.53 Å². The van der Waals surface area contributed by atoms with Gasteiger partial charge in [0.2, 0.25) is 5.91 Å². The number of azide groups is 1. The van der Waals surface area contributed by atoms with E-state index in [-0.39, 0.29) is 5.91 Å². The maximum atomic E-state index is 11.6. The molecule has 0 radical (unpaired) electrons. The van der Waals surface area contributed by atoms with Crippen LogP contribution >= 0.6 is 0 Å². The Morgan fingerprint density at radius 2 is 2.38 bits per heavy atom. The summed E-state index contributed by atoms with van der Waals surface area (Å²) in [5, 5.41) is 6.52. The molecule has 0 bridgehead atoms. The minimum atomic E-state index is 0.0318. The van der Waals surface area contributed by atoms with Gasteiger partial charge in [-0.3, -0.25) is 4.79 Å². The Morgan fingerprint density at radius 1 is 1.50 bits per heavy atom. The van der Waals surface area contributed by atoms with E-state index in [2.05, 4.69) is 15.3 Å². The molecule has 6 nitrogen and oxygen atoms in total. The number of hydrogen-bond donors (Lipinski definition) is 1. The first kappa shape index (κ1) is 10.5. The Bertz CT molecular complexity index is 452. The zero-order valence-electron chi connectivity index (χ0n) is 8.63. The molecule has 0 aliphatic carbocycles. The maximum Gasteiger partial charge on any atom is 0.240 e. The molecule has 82 valence electrons. The van der Waals surface area contributed by atoms with Crippen molar-refractivity contribution >= 4 is 17.3 Å². The monoisotopic (exact) mass is 217 g/mol. The molecule has 2 rings (SSSR count). The van der Waals surface area contributed by atoms with E-state index < -0.39 is 0 Å². The Balaban J connectivity index is 2.28. The third-order valence-electron chi connectivity index (χ3n) is 2.39. The Kier molecular flexibility index (Phi) is 3.05. The van der Waals surface area contributed by atoms with E-state index in [9.17, 15) is 4.79 Å². The first-order valence-electron chi connectivity index (χ1n) is 4.97. The zero-order valence-corrected chi connectivity index (χ0v) is 8.63. The molecule has 1 N–H and O–H groups in total. The Hall–Kier alpha value is -2.04. The summed E-state index contributed by atoms with van der Waals surface area (Å²) >= 11 is 0. The molecule has 1 fully saturated rings. The van der Waals surface area contributed by atoms with Gasteiger partial charge in [0.1, 0.15) is 0 Å². The molecule has 1 aromatic rings. The van der Waals surface area contributed by atoms with Gasteiger partial charge in [0, 0.05) is 29.4 Å². The van der Waals surface area contributed by atoms with Crippen molar-refractivity contribution in [2.75, 3.05) is 24.5 Å². The molecular formula is C10H11N5O. The predicted molar refractivity (Wildman–Crippen MR) is 60.5 cm³/mol. The van der Waals surface area contributed by atoms with E-state index >= 15 is 0 Å². The van der Waals surface area contributed by atoms with Crippen molar-refractivity contribution in [2.24, 2.45) is 5.11 Å². The van der Waals surface area contributed by atoms with Gasteiger partial charge in [-0.05, 0) is 17.7 Å². The molecule has 16 heavy (non-hydrogen) atoms. The number of nitrogens with zero attached hydrogens (tertiary/aromatic N) is 4. The normalized spacial score (nSPS) is 15.8. The van der Waals surface area contributed by atoms with Crippen LogP contribution in [0.1, 0.15) is 0 Å². The molecule has 1 aliphatic heterocycles. The molecule has 0 unspecified atom stereocenters. The van der Waals surface area contributed by atoms with Gasteiger partial charge in [-0.2, -0.15) is 0 Å². The third kappa shape index (κ3) is 2.13. The van der Waals surface area contributed by atoms with Crippen LogP contribution in [0.15, 0.2) is 29.4 Å². The number of amides is 1. The SMILES string of the molecule is [N-]=[N+]=Nc1cccc(N2CCNCC2=O)c1. The third-order valence-corrected chi connectivity index (χ3v) is 2.39. The summed E-state index contributed by atoms with van der Waals surface area (Å²) in [5.41, 5.74) is 9.63. The van der Waals surface area contributed by atoms with Gasteiger partial charge < -0.3 is 10.2 Å². The number of piperazine rings is 1. The summed E-state index contributed by atoms with van der Waals surface area (Å²) in [7, 11) is 0. The van der Waals surface area contributed by atoms with Gasteiger partial charge in [-0.25, -0.2) is 0 Å². The van der Waals surface area contributed by atoms with Crippen LogP contribution < -0.4 is 10.2 Å². The molecule has 0 spiro atoms. The van der Waals surface area contributed by atoms with Gasteiger partial charge in [-0.1, -0.05) is 17.2 Å². The number of anilines is 1. The summed E-state index contributed by atoms with van der Waals surface area (Å²) in [6, 6.07) is 7.02. The van der Waals surface area contributed by atoms with Crippen LogP contribution in [0.5, 0.6) is 0 Å². The fraction of sp³-hybridized carbons (Fsp3) is 0.300. The maximum absolute atomic E-state index is 11.6. The topological polar surface area (TPSA) is 81.1 Å². The summed E-state index contributed by atoms with van der Waals surface area (Å²) < 4.78 is 0. The van der Waals surface area contributed by atoms with Gasteiger partial charge in [-0.15, -0.1) is 0 Å². The van der Waals surface area contributed by atoms with Crippen LogP contribution in [0.25, 0.3) is 10.4 Å². The van der Waals surface area contributed by atoms with Crippen LogP contribution in [0.3, 0.4) is 0 Å². The van der Waals surface area contributed by atoms with E-state index in [0.29, 0.717) is 18.8 Å². The van der Waals surface area contributed by atoms with E-state index in [1.54, 1.807) is 23.1 Å². The number of benzene rings is 1. The second-order valence-electron chi connectivity index (χ2n) is 3.43. The first-order valence-corrected chi connectivity index (χ1v) is 4.97. The van der Waals surface area contributed by atoms with Gasteiger partial charge in [0.05, 0.1) is 6.54 Å². The summed E-state index contributed by atoms with van der Waals surface area (Å²) in [6.07, 6.45) is 0. The van der Waals surface area contributed by atoms with Crippen LogP contribution in [-0.4, -0.2) is 25.5 Å². The number of carbonyl (C=O) groups excluding carboxylic acids is 1. The van der Waals surface area contributed by atoms with E-state index in [1.165, 1.54) is 0 Å². The van der Waals surface area contributed by atoms with Crippen LogP contribution in [0, 0.1) is 0 Å². The molecule has 0 atom stereocenters. The highest BCUT2D eigenvalue weighted by Crippen LogP contribution is 2.22. The van der Waals surface area contributed by atoms with Gasteiger partial charge >= 0.3 is 0 Å². The van der Waals surface area contributed by atoms with Crippen LogP contribution in [-0.2, 0) is 4.79 Å². The highest BCUT2D eigenvalue weighted by atomic mass is 16.2. The molecule has 1 aliphatic rings. The fourth-order valence-electron chi connectivity index (χ4n) is 1.65. The molecular weight excluding hydrogens is 206 g/mol. The molecule has 1 aromatic carbocycles. The first-order chi connectivity index (χ1) is 7.81. The van der Waals surface area contributed by atoms with Crippen LogP contribution in [0.2, 0.25) is 0 Å². The van der Waals surface area contributed by atoms with Crippen molar-refractivity contribution in [2.45, 2.75) is 0 Å². The lowest BCUT2D eigenvalue weighted by Crippen LogP contribution is -2.48. The summed E-state index contributed by atoms with van der Waals surface area (Å²) in [4.78, 5) is 16.0. The lowest BCUT2D eigenvalue weighted by atomic mass is 10.2. The lowest BCUT2D eigenvalue weighted by molar-refractivity contribution is -0.118. The van der Waals surface area contributed by atoms with E-state index in [0.717, 1.165) is 12.2 Å². The zero-order chi connectivity index (χ0) is 11.4. The molecule has 0 saturated carbocycles. The molecule has 1 amide bonds. The van der Waals surface area contributed by atoms with Gasteiger partial charge in [0.15, 0.2) is 0 Å². The number of rotatable bonds is 2. The molecule has 1 saturated heterocycles. The highest BCUT2D eigenvalue weighted by molar-refractivity contribution is 5.95. The van der Waals surface area contributed by atoms with Crippen molar-refractivity contribution < 1.29 is 4.79 Å².